The number of carboxylic acids is 1. The number of hydrogen-bond donors (Lipinski definition) is 2. The van der Waals surface area contributed by atoms with Crippen molar-refractivity contribution in [2.45, 2.75) is 12.7 Å². The first-order chi connectivity index (χ1) is 12.0. The summed E-state index contributed by atoms with van der Waals surface area (Å²) < 4.78 is 4.86. The number of anilines is 1. The van der Waals surface area contributed by atoms with Gasteiger partial charge in [-0.2, -0.15) is 0 Å². The normalized spacial score (nSPS) is 10.1. The lowest BCUT2D eigenvalue weighted by molar-refractivity contribution is -0.131. The van der Waals surface area contributed by atoms with Crippen molar-refractivity contribution in [3.63, 3.8) is 0 Å². The van der Waals surface area contributed by atoms with Gasteiger partial charge in [-0.3, -0.25) is 9.59 Å². The molecule has 25 heavy (non-hydrogen) atoms. The second-order valence-corrected chi connectivity index (χ2v) is 6.12. The molecule has 0 fully saturated rings. The Labute approximate surface area is 149 Å². The van der Waals surface area contributed by atoms with Gasteiger partial charge in [0.05, 0.1) is 17.0 Å². The lowest BCUT2D eigenvalue weighted by atomic mass is 10.1. The van der Waals surface area contributed by atoms with E-state index in [9.17, 15) is 19.5 Å². The Kier molecular flexibility index (Phi) is 6.59. The molecule has 0 spiro atoms. The predicted octanol–water partition coefficient (Wildman–Crippen LogP) is 3.18. The van der Waals surface area contributed by atoms with Gasteiger partial charge in [0.15, 0.2) is 0 Å². The Balaban J connectivity index is 1.97. The van der Waals surface area contributed by atoms with E-state index in [2.05, 4.69) is 5.32 Å². The molecule has 7 heteroatoms. The van der Waals surface area contributed by atoms with Crippen LogP contribution in [-0.4, -0.2) is 28.7 Å². The molecule has 6 nitrogen and oxygen atoms in total. The van der Waals surface area contributed by atoms with Gasteiger partial charge in [0.25, 0.3) is 0 Å². The van der Waals surface area contributed by atoms with Crippen LogP contribution < -0.4 is 10.1 Å². The topological polar surface area (TPSA) is 92.7 Å². The third-order valence-corrected chi connectivity index (χ3v) is 4.11. The summed E-state index contributed by atoms with van der Waals surface area (Å²) in [6, 6.07) is 13.8. The first-order valence-electron chi connectivity index (χ1n) is 7.43. The molecule has 0 unspecified atom stereocenters. The van der Waals surface area contributed by atoms with E-state index < -0.39 is 11.9 Å². The Bertz CT molecular complexity index is 776. The molecule has 0 aromatic heterocycles. The zero-order chi connectivity index (χ0) is 18.2. The molecule has 2 aromatic carbocycles. The summed E-state index contributed by atoms with van der Waals surface area (Å²) in [5.74, 6) is -1.08. The van der Waals surface area contributed by atoms with E-state index in [0.717, 1.165) is 5.56 Å². The number of carboxylic acid groups (broad SMARTS) is 1. The minimum Gasteiger partial charge on any atom is -0.478 e. The third kappa shape index (κ3) is 5.96. The van der Waals surface area contributed by atoms with E-state index in [1.807, 2.05) is 30.3 Å². The zero-order valence-electron chi connectivity index (χ0n) is 13.5. The first-order valence-corrected chi connectivity index (χ1v) is 8.58. The van der Waals surface area contributed by atoms with E-state index in [1.54, 1.807) is 0 Å². The van der Waals surface area contributed by atoms with Crippen LogP contribution in [0.15, 0.2) is 48.5 Å². The summed E-state index contributed by atoms with van der Waals surface area (Å²) in [5.41, 5.74) is 1.13. The average Bonchev–Trinajstić information content (AvgIpc) is 2.56. The van der Waals surface area contributed by atoms with Gasteiger partial charge in [0.1, 0.15) is 5.75 Å². The maximum Gasteiger partial charge on any atom is 0.337 e. The van der Waals surface area contributed by atoms with Crippen molar-refractivity contribution in [3.8, 4) is 5.75 Å². The lowest BCUT2D eigenvalue weighted by Gasteiger charge is -2.10. The standard InChI is InChI=1S/C18H17NO5S/c1-12(20)24-14-7-8-16(15(9-14)18(22)23)19-17(21)11-25-10-13-5-3-2-4-6-13/h2-9H,10-11H2,1H3,(H,19,21)(H,22,23). The van der Waals surface area contributed by atoms with Crippen molar-refractivity contribution in [2.24, 2.45) is 0 Å². The van der Waals surface area contributed by atoms with Crippen molar-refractivity contribution >= 4 is 35.3 Å². The van der Waals surface area contributed by atoms with E-state index in [4.69, 9.17) is 4.74 Å². The van der Waals surface area contributed by atoms with Crippen LogP contribution in [0.1, 0.15) is 22.8 Å². The highest BCUT2D eigenvalue weighted by molar-refractivity contribution is 7.99. The maximum absolute atomic E-state index is 12.0. The number of hydrogen-bond acceptors (Lipinski definition) is 5. The SMILES string of the molecule is CC(=O)Oc1ccc(NC(=O)CSCc2ccccc2)c(C(=O)O)c1. The quantitative estimate of drug-likeness (QED) is 0.583. The molecule has 0 radical (unpaired) electrons. The molecule has 0 aliphatic carbocycles. The largest absolute Gasteiger partial charge is 0.478 e. The number of benzene rings is 2. The van der Waals surface area contributed by atoms with Gasteiger partial charge in [-0.05, 0) is 23.8 Å². The maximum atomic E-state index is 12.0. The molecule has 0 saturated carbocycles. The number of carbonyl (C=O) groups excluding carboxylic acids is 2. The van der Waals surface area contributed by atoms with E-state index >= 15 is 0 Å². The highest BCUT2D eigenvalue weighted by Gasteiger charge is 2.14. The van der Waals surface area contributed by atoms with Gasteiger partial charge in [-0.25, -0.2) is 4.79 Å². The molecule has 2 N–H and O–H groups in total. The first kappa shape index (κ1) is 18.5. The molecule has 0 aliphatic heterocycles. The number of amides is 1. The molecule has 2 rings (SSSR count). The molecule has 130 valence electrons. The molecule has 1 amide bonds. The molecule has 0 aliphatic rings. The Hall–Kier alpha value is -2.80. The van der Waals surface area contributed by atoms with E-state index in [0.29, 0.717) is 5.75 Å². The van der Waals surface area contributed by atoms with Gasteiger partial charge in [-0.15, -0.1) is 11.8 Å². The van der Waals surface area contributed by atoms with Gasteiger partial charge >= 0.3 is 11.9 Å². The summed E-state index contributed by atoms with van der Waals surface area (Å²) >= 11 is 1.43. The molecule has 0 saturated heterocycles. The fourth-order valence-electron chi connectivity index (χ4n) is 2.06. The lowest BCUT2D eigenvalue weighted by Crippen LogP contribution is -2.17. The summed E-state index contributed by atoms with van der Waals surface area (Å²) in [6.45, 7) is 1.22. The fraction of sp³-hybridized carbons (Fsp3) is 0.167. The molecule has 0 heterocycles. The van der Waals surface area contributed by atoms with Crippen LogP contribution in [0.3, 0.4) is 0 Å². The van der Waals surface area contributed by atoms with Crippen LogP contribution in [-0.2, 0) is 15.3 Å². The average molecular weight is 359 g/mol. The second kappa shape index (κ2) is 8.89. The minimum absolute atomic E-state index is 0.112. The van der Waals surface area contributed by atoms with E-state index in [1.165, 1.54) is 36.9 Å². The number of carbonyl (C=O) groups is 3. The van der Waals surface area contributed by atoms with Crippen LogP contribution in [0.2, 0.25) is 0 Å². The fourth-order valence-corrected chi connectivity index (χ4v) is 2.85. The van der Waals surface area contributed by atoms with Crippen molar-refractivity contribution in [1.82, 2.24) is 0 Å². The third-order valence-electron chi connectivity index (χ3n) is 3.10. The molecular weight excluding hydrogens is 342 g/mol. The van der Waals surface area contributed by atoms with Crippen LogP contribution in [0.4, 0.5) is 5.69 Å². The Morgan fingerprint density at radius 2 is 1.84 bits per heavy atom. The Morgan fingerprint density at radius 3 is 2.48 bits per heavy atom. The van der Waals surface area contributed by atoms with Crippen LogP contribution >= 0.6 is 11.8 Å². The summed E-state index contributed by atoms with van der Waals surface area (Å²) in [5, 5.41) is 11.8. The summed E-state index contributed by atoms with van der Waals surface area (Å²) in [6.07, 6.45) is 0. The number of ether oxygens (including phenoxy) is 1. The number of aromatic carboxylic acids is 1. The van der Waals surface area contributed by atoms with E-state index in [-0.39, 0.29) is 28.7 Å². The number of nitrogens with one attached hydrogen (secondary N) is 1. The van der Waals surface area contributed by atoms with Crippen molar-refractivity contribution in [3.05, 3.63) is 59.7 Å². The Morgan fingerprint density at radius 1 is 1.12 bits per heavy atom. The van der Waals surface area contributed by atoms with Gasteiger partial charge in [0.2, 0.25) is 5.91 Å². The highest BCUT2D eigenvalue weighted by Crippen LogP contribution is 2.23. The molecule has 0 atom stereocenters. The van der Waals surface area contributed by atoms with Crippen molar-refractivity contribution in [2.75, 3.05) is 11.1 Å². The smallest absolute Gasteiger partial charge is 0.337 e. The van der Waals surface area contributed by atoms with Crippen molar-refractivity contribution < 1.29 is 24.2 Å². The number of rotatable bonds is 7. The second-order valence-electron chi connectivity index (χ2n) is 5.13. The molecule has 2 aromatic rings. The zero-order valence-corrected chi connectivity index (χ0v) is 14.3. The minimum atomic E-state index is -1.22. The van der Waals surface area contributed by atoms with Crippen LogP contribution in [0, 0.1) is 0 Å². The summed E-state index contributed by atoms with van der Waals surface area (Å²) in [7, 11) is 0. The van der Waals surface area contributed by atoms with Crippen LogP contribution in [0.5, 0.6) is 5.75 Å². The van der Waals surface area contributed by atoms with Gasteiger partial charge in [0, 0.05) is 12.7 Å². The number of thioether (sulfide) groups is 1. The van der Waals surface area contributed by atoms with Crippen LogP contribution in [0.25, 0.3) is 0 Å². The predicted molar refractivity (Wildman–Crippen MR) is 95.9 cm³/mol. The summed E-state index contributed by atoms with van der Waals surface area (Å²) in [4.78, 5) is 34.3. The molecule has 0 bridgehead atoms. The van der Waals surface area contributed by atoms with Crippen molar-refractivity contribution in [1.29, 1.82) is 0 Å². The molecular formula is C18H17NO5S. The number of esters is 1. The van der Waals surface area contributed by atoms with Gasteiger partial charge in [-0.1, -0.05) is 30.3 Å². The van der Waals surface area contributed by atoms with Gasteiger partial charge < -0.3 is 15.2 Å². The highest BCUT2D eigenvalue weighted by atomic mass is 32.2. The monoisotopic (exact) mass is 359 g/mol.